The van der Waals surface area contributed by atoms with E-state index in [1.165, 1.54) is 51.9 Å². The van der Waals surface area contributed by atoms with Crippen molar-refractivity contribution in [1.29, 1.82) is 0 Å². The van der Waals surface area contributed by atoms with Crippen molar-refractivity contribution in [3.8, 4) is 0 Å². The van der Waals surface area contributed by atoms with E-state index in [4.69, 9.17) is 0 Å². The van der Waals surface area contributed by atoms with Crippen LogP contribution in [0.25, 0.3) is 0 Å². The molecule has 1 unspecified atom stereocenters. The summed E-state index contributed by atoms with van der Waals surface area (Å²) >= 11 is 0. The number of hydrogen-bond acceptors (Lipinski definition) is 3. The number of nitrogens with zero attached hydrogens (tertiary/aromatic N) is 2. The number of aliphatic hydroxyl groups is 1. The SMILES string of the molecule is OC1(CN2CCN3CCCC3C2)CCCC1. The minimum atomic E-state index is -0.346. The van der Waals surface area contributed by atoms with Gasteiger partial charge in [0.25, 0.3) is 0 Å². The monoisotopic (exact) mass is 224 g/mol. The Morgan fingerprint density at radius 2 is 1.88 bits per heavy atom. The average Bonchev–Trinajstić information content (AvgIpc) is 2.86. The Balaban J connectivity index is 1.56. The molecule has 3 nitrogen and oxygen atoms in total. The lowest BCUT2D eigenvalue weighted by molar-refractivity contribution is -0.0111. The van der Waals surface area contributed by atoms with E-state index < -0.39 is 0 Å². The van der Waals surface area contributed by atoms with Crippen LogP contribution < -0.4 is 0 Å². The Morgan fingerprint density at radius 1 is 1.06 bits per heavy atom. The molecule has 0 aromatic rings. The zero-order chi connectivity index (χ0) is 11.0. The normalized spacial score (nSPS) is 35.4. The van der Waals surface area contributed by atoms with E-state index in [1.807, 2.05) is 0 Å². The first-order valence-electron chi connectivity index (χ1n) is 6.94. The third-order valence-electron chi connectivity index (χ3n) is 4.72. The Kier molecular flexibility index (Phi) is 2.94. The molecule has 1 saturated carbocycles. The first-order valence-corrected chi connectivity index (χ1v) is 6.94. The molecule has 1 aliphatic carbocycles. The van der Waals surface area contributed by atoms with Crippen molar-refractivity contribution in [2.24, 2.45) is 0 Å². The molecule has 1 N–H and O–H groups in total. The third-order valence-corrected chi connectivity index (χ3v) is 4.72. The van der Waals surface area contributed by atoms with Crippen molar-refractivity contribution < 1.29 is 5.11 Å². The van der Waals surface area contributed by atoms with Gasteiger partial charge in [0, 0.05) is 32.2 Å². The molecular formula is C13H24N2O. The van der Waals surface area contributed by atoms with Crippen LogP contribution in [0.1, 0.15) is 38.5 Å². The van der Waals surface area contributed by atoms with E-state index >= 15 is 0 Å². The molecule has 3 fully saturated rings. The second kappa shape index (κ2) is 4.28. The fraction of sp³-hybridized carbons (Fsp3) is 1.00. The van der Waals surface area contributed by atoms with Crippen LogP contribution in [0.15, 0.2) is 0 Å². The summed E-state index contributed by atoms with van der Waals surface area (Å²) in [6.45, 7) is 5.82. The summed E-state index contributed by atoms with van der Waals surface area (Å²) in [6.07, 6.45) is 7.24. The van der Waals surface area contributed by atoms with E-state index in [2.05, 4.69) is 9.80 Å². The summed E-state index contributed by atoms with van der Waals surface area (Å²) < 4.78 is 0. The van der Waals surface area contributed by atoms with E-state index in [0.29, 0.717) is 0 Å². The maximum atomic E-state index is 10.4. The molecule has 1 atom stereocenters. The van der Waals surface area contributed by atoms with Crippen LogP contribution in [0.5, 0.6) is 0 Å². The number of rotatable bonds is 2. The van der Waals surface area contributed by atoms with Crippen molar-refractivity contribution in [3.63, 3.8) is 0 Å². The number of piperazine rings is 1. The number of β-amino-alcohol motifs (C(OH)–C–C–N with tert-alkyl or cyclic N) is 1. The minimum Gasteiger partial charge on any atom is -0.389 e. The largest absolute Gasteiger partial charge is 0.389 e. The van der Waals surface area contributed by atoms with Gasteiger partial charge in [0.15, 0.2) is 0 Å². The second-order valence-electron chi connectivity index (χ2n) is 6.00. The van der Waals surface area contributed by atoms with Crippen molar-refractivity contribution in [2.45, 2.75) is 50.2 Å². The molecule has 2 heterocycles. The van der Waals surface area contributed by atoms with E-state index in [-0.39, 0.29) is 5.60 Å². The van der Waals surface area contributed by atoms with Crippen molar-refractivity contribution in [1.82, 2.24) is 9.80 Å². The number of fused-ring (bicyclic) bond motifs is 1. The van der Waals surface area contributed by atoms with Gasteiger partial charge in [0.05, 0.1) is 5.60 Å². The summed E-state index contributed by atoms with van der Waals surface area (Å²) in [5, 5.41) is 10.4. The Bertz CT molecular complexity index is 250. The summed E-state index contributed by atoms with van der Waals surface area (Å²) in [4.78, 5) is 5.15. The molecule has 3 aliphatic rings. The van der Waals surface area contributed by atoms with Gasteiger partial charge in [-0.15, -0.1) is 0 Å². The molecule has 0 radical (unpaired) electrons. The molecule has 3 rings (SSSR count). The molecule has 0 bridgehead atoms. The zero-order valence-corrected chi connectivity index (χ0v) is 10.2. The van der Waals surface area contributed by atoms with E-state index in [0.717, 1.165) is 25.4 Å². The second-order valence-corrected chi connectivity index (χ2v) is 6.00. The van der Waals surface area contributed by atoms with Crippen LogP contribution in [-0.4, -0.2) is 59.3 Å². The maximum Gasteiger partial charge on any atom is 0.0774 e. The van der Waals surface area contributed by atoms with Gasteiger partial charge < -0.3 is 5.11 Å². The minimum absolute atomic E-state index is 0.346. The highest BCUT2D eigenvalue weighted by Gasteiger charge is 2.36. The Labute approximate surface area is 98.4 Å². The first kappa shape index (κ1) is 11.0. The van der Waals surface area contributed by atoms with Gasteiger partial charge in [-0.25, -0.2) is 0 Å². The highest BCUT2D eigenvalue weighted by molar-refractivity contribution is 4.92. The van der Waals surface area contributed by atoms with Crippen LogP contribution in [0.2, 0.25) is 0 Å². The van der Waals surface area contributed by atoms with Crippen molar-refractivity contribution >= 4 is 0 Å². The third kappa shape index (κ3) is 2.13. The predicted molar refractivity (Wildman–Crippen MR) is 64.5 cm³/mol. The average molecular weight is 224 g/mol. The number of hydrogen-bond donors (Lipinski definition) is 1. The van der Waals surface area contributed by atoms with Crippen molar-refractivity contribution in [2.75, 3.05) is 32.7 Å². The zero-order valence-electron chi connectivity index (χ0n) is 10.2. The van der Waals surface area contributed by atoms with Gasteiger partial charge in [-0.2, -0.15) is 0 Å². The topological polar surface area (TPSA) is 26.7 Å². The molecule has 0 amide bonds. The van der Waals surface area contributed by atoms with Crippen LogP contribution in [0.3, 0.4) is 0 Å². The Hall–Kier alpha value is -0.120. The lowest BCUT2D eigenvalue weighted by Crippen LogP contribution is -2.53. The van der Waals surface area contributed by atoms with Crippen LogP contribution in [0, 0.1) is 0 Å². The standard InChI is InChI=1S/C13H24N2O/c16-13(5-1-2-6-13)11-14-8-9-15-7-3-4-12(15)10-14/h12,16H,1-11H2. The van der Waals surface area contributed by atoms with E-state index in [9.17, 15) is 5.11 Å². The predicted octanol–water partition coefficient (Wildman–Crippen LogP) is 1.07. The molecule has 0 aromatic carbocycles. The van der Waals surface area contributed by atoms with Gasteiger partial charge in [0.2, 0.25) is 0 Å². The highest BCUT2D eigenvalue weighted by atomic mass is 16.3. The van der Waals surface area contributed by atoms with Crippen LogP contribution in [-0.2, 0) is 0 Å². The fourth-order valence-electron chi connectivity index (χ4n) is 3.81. The maximum absolute atomic E-state index is 10.4. The molecular weight excluding hydrogens is 200 g/mol. The molecule has 2 saturated heterocycles. The first-order chi connectivity index (χ1) is 7.75. The molecule has 2 aliphatic heterocycles. The van der Waals surface area contributed by atoms with Crippen LogP contribution >= 0.6 is 0 Å². The lowest BCUT2D eigenvalue weighted by atomic mass is 10.0. The Morgan fingerprint density at radius 3 is 2.69 bits per heavy atom. The van der Waals surface area contributed by atoms with Gasteiger partial charge in [-0.05, 0) is 32.2 Å². The molecule has 0 spiro atoms. The summed E-state index contributed by atoms with van der Waals surface area (Å²) in [7, 11) is 0. The summed E-state index contributed by atoms with van der Waals surface area (Å²) in [5.41, 5.74) is -0.346. The van der Waals surface area contributed by atoms with Gasteiger partial charge in [-0.1, -0.05) is 12.8 Å². The molecule has 92 valence electrons. The van der Waals surface area contributed by atoms with Crippen molar-refractivity contribution in [3.05, 3.63) is 0 Å². The highest BCUT2D eigenvalue weighted by Crippen LogP contribution is 2.31. The fourth-order valence-corrected chi connectivity index (χ4v) is 3.81. The van der Waals surface area contributed by atoms with Gasteiger partial charge in [-0.3, -0.25) is 9.80 Å². The lowest BCUT2D eigenvalue weighted by Gasteiger charge is -2.40. The summed E-state index contributed by atoms with van der Waals surface area (Å²) in [6, 6.07) is 0.791. The molecule has 0 aromatic heterocycles. The van der Waals surface area contributed by atoms with Gasteiger partial charge in [0.1, 0.15) is 0 Å². The van der Waals surface area contributed by atoms with Crippen LogP contribution in [0.4, 0.5) is 0 Å². The molecule has 3 heteroatoms. The van der Waals surface area contributed by atoms with Gasteiger partial charge >= 0.3 is 0 Å². The summed E-state index contributed by atoms with van der Waals surface area (Å²) in [5.74, 6) is 0. The molecule has 16 heavy (non-hydrogen) atoms. The quantitative estimate of drug-likeness (QED) is 0.760. The smallest absolute Gasteiger partial charge is 0.0774 e. The van der Waals surface area contributed by atoms with E-state index in [1.54, 1.807) is 0 Å².